The van der Waals surface area contributed by atoms with Gasteiger partial charge in [-0.2, -0.15) is 0 Å². The van der Waals surface area contributed by atoms with Crippen LogP contribution in [0.1, 0.15) is 65.0 Å². The number of benzene rings is 3. The van der Waals surface area contributed by atoms with Gasteiger partial charge in [-0.3, -0.25) is 13.9 Å². The van der Waals surface area contributed by atoms with Crippen LogP contribution in [0.2, 0.25) is 0 Å². The molecule has 0 aromatic heterocycles. The van der Waals surface area contributed by atoms with Crippen molar-refractivity contribution in [2.24, 2.45) is 0 Å². The summed E-state index contributed by atoms with van der Waals surface area (Å²) >= 11 is 0. The summed E-state index contributed by atoms with van der Waals surface area (Å²) in [7, 11) is -4.08. The number of hydrogen-bond acceptors (Lipinski definition) is 4. The third-order valence-corrected chi connectivity index (χ3v) is 8.33. The van der Waals surface area contributed by atoms with E-state index in [1.165, 1.54) is 17.0 Å². The minimum absolute atomic E-state index is 0.0860. The number of amides is 2. The Morgan fingerprint density at radius 1 is 0.850 bits per heavy atom. The third-order valence-electron chi connectivity index (χ3n) is 6.54. The molecule has 0 bridgehead atoms. The molecule has 2 amide bonds. The van der Waals surface area contributed by atoms with Gasteiger partial charge in [0.25, 0.3) is 10.0 Å². The minimum atomic E-state index is -4.08. The number of carbonyl (C=O) groups is 2. The summed E-state index contributed by atoms with van der Waals surface area (Å²) in [5, 5.41) is 2.98. The lowest BCUT2D eigenvalue weighted by atomic mass is 10.0. The van der Waals surface area contributed by atoms with E-state index in [1.807, 2.05) is 70.2 Å². The first-order valence-corrected chi connectivity index (χ1v) is 15.1. The average Bonchev–Trinajstić information content (AvgIpc) is 2.91. The van der Waals surface area contributed by atoms with Crippen LogP contribution in [0, 0.1) is 0 Å². The lowest BCUT2D eigenvalue weighted by Gasteiger charge is -2.34. The van der Waals surface area contributed by atoms with E-state index in [2.05, 4.69) is 19.2 Å². The molecule has 3 rings (SSSR count). The first-order valence-electron chi connectivity index (χ1n) is 13.7. The van der Waals surface area contributed by atoms with Crippen LogP contribution in [0.5, 0.6) is 0 Å². The Balaban J connectivity index is 2.06. The summed E-state index contributed by atoms with van der Waals surface area (Å²) in [6.07, 6.45) is 0.370. The summed E-state index contributed by atoms with van der Waals surface area (Å²) in [5.41, 5.74) is 1.79. The summed E-state index contributed by atoms with van der Waals surface area (Å²) in [6, 6.07) is 23.9. The SMILES string of the molecule is CC[C@H](C(=O)NC(C)(C)C)N(Cc1ccccc1)C(=O)CN(c1ccc(C(C)C)cc1)S(=O)(=O)c1ccccc1. The predicted molar refractivity (Wildman–Crippen MR) is 160 cm³/mol. The number of anilines is 1. The standard InChI is InChI=1S/C32H41N3O4S/c1-7-29(31(37)33-32(4,5)6)34(22-25-14-10-8-11-15-25)30(36)23-35(27-20-18-26(19-21-27)24(2)3)40(38,39)28-16-12-9-13-17-28/h8-21,24,29H,7,22-23H2,1-6H3,(H,33,37)/t29-/m1/s1. The van der Waals surface area contributed by atoms with Gasteiger partial charge in [0, 0.05) is 12.1 Å². The van der Waals surface area contributed by atoms with Gasteiger partial charge in [-0.05, 0) is 68.5 Å². The monoisotopic (exact) mass is 563 g/mol. The van der Waals surface area contributed by atoms with Crippen molar-refractivity contribution in [1.82, 2.24) is 10.2 Å². The highest BCUT2D eigenvalue weighted by Gasteiger charge is 2.34. The van der Waals surface area contributed by atoms with Gasteiger partial charge in [0.2, 0.25) is 11.8 Å². The van der Waals surface area contributed by atoms with Crippen LogP contribution in [0.25, 0.3) is 0 Å². The van der Waals surface area contributed by atoms with Gasteiger partial charge >= 0.3 is 0 Å². The molecule has 0 spiro atoms. The molecule has 3 aromatic carbocycles. The van der Waals surface area contributed by atoms with Gasteiger partial charge in [0.15, 0.2) is 0 Å². The molecule has 3 aromatic rings. The van der Waals surface area contributed by atoms with Crippen molar-refractivity contribution in [3.8, 4) is 0 Å². The van der Waals surface area contributed by atoms with Gasteiger partial charge in [-0.1, -0.05) is 81.4 Å². The molecule has 0 heterocycles. The Kier molecular flexibility index (Phi) is 10.1. The molecule has 0 fully saturated rings. The van der Waals surface area contributed by atoms with Crippen LogP contribution < -0.4 is 9.62 Å². The lowest BCUT2D eigenvalue weighted by molar-refractivity contribution is -0.141. The fourth-order valence-corrected chi connectivity index (χ4v) is 5.86. The fraction of sp³-hybridized carbons (Fsp3) is 0.375. The van der Waals surface area contributed by atoms with E-state index in [4.69, 9.17) is 0 Å². The molecule has 0 unspecified atom stereocenters. The normalized spacial score (nSPS) is 12.6. The molecule has 0 radical (unpaired) electrons. The van der Waals surface area contributed by atoms with Crippen LogP contribution in [0.3, 0.4) is 0 Å². The van der Waals surface area contributed by atoms with Crippen molar-refractivity contribution in [3.05, 3.63) is 96.1 Å². The highest BCUT2D eigenvalue weighted by molar-refractivity contribution is 7.92. The summed E-state index contributed by atoms with van der Waals surface area (Å²) in [5.74, 6) is -0.479. The number of nitrogens with zero attached hydrogens (tertiary/aromatic N) is 2. The second kappa shape index (κ2) is 13.1. The maximum atomic E-state index is 14.1. The third kappa shape index (κ3) is 7.94. The summed E-state index contributed by atoms with van der Waals surface area (Å²) < 4.78 is 28.9. The van der Waals surface area contributed by atoms with E-state index >= 15 is 0 Å². The van der Waals surface area contributed by atoms with Crippen molar-refractivity contribution < 1.29 is 18.0 Å². The zero-order chi connectivity index (χ0) is 29.5. The lowest BCUT2D eigenvalue weighted by Crippen LogP contribution is -2.55. The average molecular weight is 564 g/mol. The maximum Gasteiger partial charge on any atom is 0.264 e. The van der Waals surface area contributed by atoms with E-state index in [9.17, 15) is 18.0 Å². The quantitative estimate of drug-likeness (QED) is 0.323. The van der Waals surface area contributed by atoms with Crippen molar-refractivity contribution in [2.45, 2.75) is 76.9 Å². The van der Waals surface area contributed by atoms with Gasteiger partial charge in [-0.25, -0.2) is 8.42 Å². The Morgan fingerprint density at radius 3 is 1.90 bits per heavy atom. The van der Waals surface area contributed by atoms with Crippen molar-refractivity contribution in [3.63, 3.8) is 0 Å². The van der Waals surface area contributed by atoms with Crippen molar-refractivity contribution in [1.29, 1.82) is 0 Å². The van der Waals surface area contributed by atoms with Crippen LogP contribution in [0.15, 0.2) is 89.8 Å². The van der Waals surface area contributed by atoms with Crippen LogP contribution in [-0.4, -0.2) is 43.3 Å². The number of nitrogens with one attached hydrogen (secondary N) is 1. The van der Waals surface area contributed by atoms with Gasteiger partial charge in [0.05, 0.1) is 10.6 Å². The Labute approximate surface area is 239 Å². The van der Waals surface area contributed by atoms with E-state index in [0.717, 1.165) is 15.4 Å². The molecule has 40 heavy (non-hydrogen) atoms. The number of hydrogen-bond donors (Lipinski definition) is 1. The van der Waals surface area contributed by atoms with Crippen LogP contribution in [-0.2, 0) is 26.2 Å². The predicted octanol–water partition coefficient (Wildman–Crippen LogP) is 5.73. The van der Waals surface area contributed by atoms with Gasteiger partial charge < -0.3 is 10.2 Å². The molecule has 0 aliphatic heterocycles. The molecule has 0 saturated carbocycles. The zero-order valence-corrected chi connectivity index (χ0v) is 25.1. The maximum absolute atomic E-state index is 14.1. The zero-order valence-electron chi connectivity index (χ0n) is 24.3. The molecule has 0 saturated heterocycles. The molecule has 0 aliphatic rings. The van der Waals surface area contributed by atoms with Gasteiger partial charge in [0.1, 0.15) is 12.6 Å². The highest BCUT2D eigenvalue weighted by atomic mass is 32.2. The van der Waals surface area contributed by atoms with Crippen molar-refractivity contribution in [2.75, 3.05) is 10.8 Å². The van der Waals surface area contributed by atoms with Gasteiger partial charge in [-0.15, -0.1) is 0 Å². The first-order chi connectivity index (χ1) is 18.8. The summed E-state index contributed by atoms with van der Waals surface area (Å²) in [4.78, 5) is 29.0. The molecule has 1 atom stereocenters. The molecule has 7 nitrogen and oxygen atoms in total. The molecule has 214 valence electrons. The number of rotatable bonds is 11. The Hall–Kier alpha value is -3.65. The molecular weight excluding hydrogens is 522 g/mol. The van der Waals surface area contributed by atoms with Crippen molar-refractivity contribution >= 4 is 27.5 Å². The van der Waals surface area contributed by atoms with E-state index < -0.39 is 34.1 Å². The Morgan fingerprint density at radius 2 is 1.40 bits per heavy atom. The highest BCUT2D eigenvalue weighted by Crippen LogP contribution is 2.27. The summed E-state index contributed by atoms with van der Waals surface area (Å²) in [6.45, 7) is 11.3. The second-order valence-corrected chi connectivity index (χ2v) is 13.1. The number of sulfonamides is 1. The molecule has 8 heteroatoms. The first kappa shape index (κ1) is 30.9. The smallest absolute Gasteiger partial charge is 0.264 e. The molecule has 0 aliphatic carbocycles. The van der Waals surface area contributed by atoms with E-state index in [-0.39, 0.29) is 23.3 Å². The van der Waals surface area contributed by atoms with Crippen LogP contribution >= 0.6 is 0 Å². The Bertz CT molecular complexity index is 1370. The fourth-order valence-electron chi connectivity index (χ4n) is 4.43. The van der Waals surface area contributed by atoms with Crippen LogP contribution in [0.4, 0.5) is 5.69 Å². The van der Waals surface area contributed by atoms with E-state index in [1.54, 1.807) is 30.3 Å². The largest absolute Gasteiger partial charge is 0.350 e. The molecule has 1 N–H and O–H groups in total. The second-order valence-electron chi connectivity index (χ2n) is 11.2. The number of carbonyl (C=O) groups excluding carboxylic acids is 2. The molecular formula is C32H41N3O4S. The topological polar surface area (TPSA) is 86.8 Å². The van der Waals surface area contributed by atoms with E-state index in [0.29, 0.717) is 12.1 Å². The minimum Gasteiger partial charge on any atom is -0.350 e.